The van der Waals surface area contributed by atoms with Crippen LogP contribution in [-0.2, 0) is 4.79 Å². The second-order valence-corrected chi connectivity index (χ2v) is 12.7. The maximum atomic E-state index is 11.2. The lowest BCUT2D eigenvalue weighted by Crippen LogP contribution is -2.61. The molecule has 4 rings (SSSR count). The first-order valence-electron chi connectivity index (χ1n) is 13.2. The van der Waals surface area contributed by atoms with E-state index in [1.54, 1.807) is 0 Å². The highest BCUT2D eigenvalue weighted by molar-refractivity contribution is 5.66. The van der Waals surface area contributed by atoms with E-state index in [1.807, 2.05) is 0 Å². The van der Waals surface area contributed by atoms with Gasteiger partial charge in [-0.1, -0.05) is 34.6 Å². The molecule has 0 radical (unpaired) electrons. The predicted molar refractivity (Wildman–Crippen MR) is 125 cm³/mol. The fourth-order valence-corrected chi connectivity index (χ4v) is 9.46. The molecule has 4 aliphatic carbocycles. The summed E-state index contributed by atoms with van der Waals surface area (Å²) in [5.41, 5.74) is 0.724. The van der Waals surface area contributed by atoms with Gasteiger partial charge in [0.2, 0.25) is 0 Å². The minimum absolute atomic E-state index is 0.120. The van der Waals surface area contributed by atoms with Crippen molar-refractivity contribution in [2.75, 3.05) is 0 Å². The van der Waals surface area contributed by atoms with Crippen LogP contribution in [0.3, 0.4) is 0 Å². The Labute approximate surface area is 190 Å². The fraction of sp³-hybridized carbons (Fsp3) is 0.963. The Morgan fingerprint density at radius 3 is 2.32 bits per heavy atom. The molecule has 0 bridgehead atoms. The highest BCUT2D eigenvalue weighted by Gasteiger charge is 2.62. The Morgan fingerprint density at radius 2 is 1.65 bits per heavy atom. The molecule has 0 aromatic carbocycles. The zero-order chi connectivity index (χ0) is 22.6. The lowest BCUT2D eigenvalue weighted by atomic mass is 9.43. The number of fused-ring (bicyclic) bond motifs is 5. The Balaban J connectivity index is 1.58. The van der Waals surface area contributed by atoms with Gasteiger partial charge in [-0.25, -0.2) is 0 Å². The van der Waals surface area contributed by atoms with Crippen LogP contribution in [0.2, 0.25) is 0 Å². The Bertz CT molecular complexity index is 665. The summed E-state index contributed by atoms with van der Waals surface area (Å²) in [7, 11) is 0. The van der Waals surface area contributed by atoms with E-state index in [1.165, 1.54) is 38.5 Å². The topological polar surface area (TPSA) is 69.6 Å². The van der Waals surface area contributed by atoms with E-state index in [-0.39, 0.29) is 6.10 Å². The quantitative estimate of drug-likeness (QED) is 0.518. The van der Waals surface area contributed by atoms with Gasteiger partial charge in [-0.3, -0.25) is 4.79 Å². The summed E-state index contributed by atoms with van der Waals surface area (Å²) in [6, 6.07) is 0.999. The molecule has 31 heavy (non-hydrogen) atoms. The zero-order valence-corrected chi connectivity index (χ0v) is 20.6. The lowest BCUT2D eigenvalue weighted by Gasteiger charge is -2.63. The standard InChI is InChI=1S/C27H47NO3/c1-16(2)28-24-15-19-21-8-7-20(17(3)6-9-25(30)31)26(21,4)13-11-22(19)27(5)12-10-18(29)14-23(24)27/h16-24,28-29H,6-15H2,1-5H3,(H,30,31)/t17-,18-,19+,20-,21+,22+,23+,24?,26-,27-/m1/s1. The minimum Gasteiger partial charge on any atom is -0.481 e. The van der Waals surface area contributed by atoms with Crippen molar-refractivity contribution in [3.63, 3.8) is 0 Å². The van der Waals surface area contributed by atoms with Crippen molar-refractivity contribution in [2.45, 2.75) is 117 Å². The third kappa shape index (κ3) is 4.09. The number of carboxylic acids is 1. The van der Waals surface area contributed by atoms with Gasteiger partial charge in [-0.2, -0.15) is 0 Å². The first-order valence-corrected chi connectivity index (χ1v) is 13.2. The smallest absolute Gasteiger partial charge is 0.303 e. The molecular weight excluding hydrogens is 386 g/mol. The molecule has 10 atom stereocenters. The molecule has 0 aromatic rings. The van der Waals surface area contributed by atoms with Crippen LogP contribution < -0.4 is 5.32 Å². The largest absolute Gasteiger partial charge is 0.481 e. The van der Waals surface area contributed by atoms with Gasteiger partial charge in [0.1, 0.15) is 0 Å². The number of nitrogens with one attached hydrogen (secondary N) is 1. The first-order chi connectivity index (χ1) is 14.6. The summed E-state index contributed by atoms with van der Waals surface area (Å²) in [6.07, 6.45) is 10.7. The van der Waals surface area contributed by atoms with Gasteiger partial charge in [0.05, 0.1) is 6.10 Å². The summed E-state index contributed by atoms with van der Waals surface area (Å²) in [4.78, 5) is 11.2. The van der Waals surface area contributed by atoms with Crippen molar-refractivity contribution in [3.05, 3.63) is 0 Å². The third-order valence-corrected chi connectivity index (χ3v) is 10.8. The monoisotopic (exact) mass is 433 g/mol. The molecule has 0 aromatic heterocycles. The van der Waals surface area contributed by atoms with Gasteiger partial charge < -0.3 is 15.5 Å². The molecule has 4 heteroatoms. The summed E-state index contributed by atoms with van der Waals surface area (Å²) in [6.45, 7) is 12.0. The van der Waals surface area contributed by atoms with Crippen LogP contribution in [0.25, 0.3) is 0 Å². The highest BCUT2D eigenvalue weighted by atomic mass is 16.4. The van der Waals surface area contributed by atoms with Crippen LogP contribution >= 0.6 is 0 Å². The normalized spacial score (nSPS) is 48.0. The van der Waals surface area contributed by atoms with Crippen LogP contribution in [-0.4, -0.2) is 34.4 Å². The Morgan fingerprint density at radius 1 is 0.968 bits per heavy atom. The number of carboxylic acid groups (broad SMARTS) is 1. The second kappa shape index (κ2) is 8.63. The molecule has 1 unspecified atom stereocenters. The van der Waals surface area contributed by atoms with Gasteiger partial charge in [-0.05, 0) is 104 Å². The summed E-state index contributed by atoms with van der Waals surface area (Å²) in [5.74, 6) is 3.48. The van der Waals surface area contributed by atoms with Crippen molar-refractivity contribution in [1.82, 2.24) is 5.32 Å². The molecule has 4 nitrogen and oxygen atoms in total. The number of hydrogen-bond donors (Lipinski definition) is 3. The molecule has 4 fully saturated rings. The van der Waals surface area contributed by atoms with Crippen molar-refractivity contribution in [1.29, 1.82) is 0 Å². The summed E-state index contributed by atoms with van der Waals surface area (Å²) < 4.78 is 0. The van der Waals surface area contributed by atoms with Gasteiger partial charge in [0.15, 0.2) is 0 Å². The van der Waals surface area contributed by atoms with Gasteiger partial charge in [0.25, 0.3) is 0 Å². The average molecular weight is 434 g/mol. The maximum Gasteiger partial charge on any atom is 0.303 e. The maximum absolute atomic E-state index is 11.2. The predicted octanol–water partition coefficient (Wildman–Crippen LogP) is 5.48. The molecule has 0 spiro atoms. The van der Waals surface area contributed by atoms with E-state index in [4.69, 9.17) is 0 Å². The summed E-state index contributed by atoms with van der Waals surface area (Å²) >= 11 is 0. The molecule has 0 heterocycles. The SMILES string of the molecule is CC(C)NC1C[C@@H]2[C@H](CC[C@]3(C)[C@@H]([C@H](C)CCC(=O)O)CC[C@@H]23)[C@@]2(C)CC[C@@H](O)C[C@@H]12. The van der Waals surface area contributed by atoms with Crippen LogP contribution in [0.15, 0.2) is 0 Å². The number of aliphatic hydroxyl groups is 1. The van der Waals surface area contributed by atoms with Crippen molar-refractivity contribution in [3.8, 4) is 0 Å². The number of carbonyl (C=O) groups is 1. The van der Waals surface area contributed by atoms with Gasteiger partial charge in [0, 0.05) is 18.5 Å². The highest BCUT2D eigenvalue weighted by Crippen LogP contribution is 2.68. The molecule has 3 N–H and O–H groups in total. The van der Waals surface area contributed by atoms with Crippen molar-refractivity contribution >= 4 is 5.97 Å². The molecule has 0 amide bonds. The van der Waals surface area contributed by atoms with Crippen LogP contribution in [0.1, 0.15) is 98.8 Å². The van der Waals surface area contributed by atoms with Gasteiger partial charge >= 0.3 is 5.97 Å². The molecule has 4 saturated carbocycles. The van der Waals surface area contributed by atoms with Gasteiger partial charge in [-0.15, -0.1) is 0 Å². The molecule has 0 saturated heterocycles. The fourth-order valence-electron chi connectivity index (χ4n) is 9.46. The Kier molecular flexibility index (Phi) is 6.55. The van der Waals surface area contributed by atoms with Crippen LogP contribution in [0.5, 0.6) is 0 Å². The number of rotatable bonds is 6. The molecule has 0 aliphatic heterocycles. The summed E-state index contributed by atoms with van der Waals surface area (Å²) in [5, 5.41) is 23.6. The van der Waals surface area contributed by atoms with Crippen molar-refractivity contribution in [2.24, 2.45) is 46.3 Å². The number of hydrogen-bond acceptors (Lipinski definition) is 3. The average Bonchev–Trinajstić information content (AvgIpc) is 3.04. The zero-order valence-electron chi connectivity index (χ0n) is 20.6. The van der Waals surface area contributed by atoms with Crippen molar-refractivity contribution < 1.29 is 15.0 Å². The van der Waals surface area contributed by atoms with E-state index < -0.39 is 5.97 Å². The Hall–Kier alpha value is -0.610. The second-order valence-electron chi connectivity index (χ2n) is 12.7. The number of aliphatic hydroxyl groups excluding tert-OH is 1. The molecule has 4 aliphatic rings. The lowest BCUT2D eigenvalue weighted by molar-refractivity contribution is -0.143. The molecular formula is C27H47NO3. The van der Waals surface area contributed by atoms with Crippen LogP contribution in [0, 0.1) is 46.3 Å². The third-order valence-electron chi connectivity index (χ3n) is 10.8. The first kappa shape index (κ1) is 23.5. The van der Waals surface area contributed by atoms with E-state index in [9.17, 15) is 15.0 Å². The van der Waals surface area contributed by atoms with E-state index in [0.717, 1.165) is 37.0 Å². The van der Waals surface area contributed by atoms with E-state index in [0.29, 0.717) is 47.1 Å². The number of aliphatic carboxylic acids is 1. The van der Waals surface area contributed by atoms with Crippen LogP contribution in [0.4, 0.5) is 0 Å². The van der Waals surface area contributed by atoms with E-state index in [2.05, 4.69) is 39.9 Å². The van der Waals surface area contributed by atoms with E-state index >= 15 is 0 Å². The molecule has 178 valence electrons. The minimum atomic E-state index is -0.649.